The number of pyridine rings is 1. The van der Waals surface area contributed by atoms with E-state index in [9.17, 15) is 14.9 Å². The lowest BCUT2D eigenvalue weighted by molar-refractivity contribution is -0.118. The molecule has 10 heteroatoms. The number of carbonyl (C=O) groups excluding carboxylic acids is 2. The van der Waals surface area contributed by atoms with Gasteiger partial charge in [-0.2, -0.15) is 5.26 Å². The van der Waals surface area contributed by atoms with E-state index in [-0.39, 0.29) is 11.8 Å². The summed E-state index contributed by atoms with van der Waals surface area (Å²) in [6, 6.07) is 17.8. The third-order valence-electron chi connectivity index (χ3n) is 7.50. The van der Waals surface area contributed by atoms with Crippen molar-refractivity contribution in [2.45, 2.75) is 38.8 Å². The van der Waals surface area contributed by atoms with E-state index in [4.69, 9.17) is 4.98 Å². The first kappa shape index (κ1) is 26.3. The second kappa shape index (κ2) is 10.9. The SMILES string of the molecule is CC(=O)NCCNCc1ccc2c(c1)C(=O)N(c1cc(-c3ccc(C#N)cc3-c3nncn3C)cc(C3CC3)n1)C2. The zero-order valence-electron chi connectivity index (χ0n) is 23.0. The number of rotatable bonds is 9. The van der Waals surface area contributed by atoms with Gasteiger partial charge in [-0.25, -0.2) is 4.98 Å². The first-order valence-electron chi connectivity index (χ1n) is 13.7. The number of hydrogen-bond acceptors (Lipinski definition) is 7. The van der Waals surface area contributed by atoms with Crippen LogP contribution in [0.25, 0.3) is 22.5 Å². The summed E-state index contributed by atoms with van der Waals surface area (Å²) in [5.41, 5.74) is 6.80. The van der Waals surface area contributed by atoms with E-state index in [1.165, 1.54) is 6.92 Å². The van der Waals surface area contributed by atoms with E-state index in [0.29, 0.717) is 54.9 Å². The normalized spacial score (nSPS) is 14.2. The molecule has 2 amide bonds. The molecule has 2 aromatic heterocycles. The molecule has 0 radical (unpaired) electrons. The van der Waals surface area contributed by atoms with Gasteiger partial charge in [0.2, 0.25) is 5.91 Å². The van der Waals surface area contributed by atoms with Gasteiger partial charge in [-0.15, -0.1) is 10.2 Å². The fraction of sp³-hybridized carbons (Fsp3) is 0.290. The molecule has 0 spiro atoms. The molecule has 0 bridgehead atoms. The molecule has 0 unspecified atom stereocenters. The molecule has 6 rings (SSSR count). The predicted molar refractivity (Wildman–Crippen MR) is 154 cm³/mol. The molecule has 0 atom stereocenters. The summed E-state index contributed by atoms with van der Waals surface area (Å²) in [6.07, 6.45) is 3.79. The highest BCUT2D eigenvalue weighted by atomic mass is 16.2. The van der Waals surface area contributed by atoms with Crippen LogP contribution in [0.4, 0.5) is 5.82 Å². The summed E-state index contributed by atoms with van der Waals surface area (Å²) in [5, 5.41) is 24.0. The van der Waals surface area contributed by atoms with Gasteiger partial charge in [0.1, 0.15) is 12.1 Å². The van der Waals surface area contributed by atoms with Crippen LogP contribution < -0.4 is 15.5 Å². The minimum atomic E-state index is -0.0696. The lowest BCUT2D eigenvalue weighted by Crippen LogP contribution is -2.29. The number of aryl methyl sites for hydroxylation is 1. The van der Waals surface area contributed by atoms with E-state index in [2.05, 4.69) is 33.0 Å². The van der Waals surface area contributed by atoms with Crippen molar-refractivity contribution >= 4 is 17.6 Å². The summed E-state index contributed by atoms with van der Waals surface area (Å²) < 4.78 is 1.83. The predicted octanol–water partition coefficient (Wildman–Crippen LogP) is 3.68. The first-order chi connectivity index (χ1) is 19.9. The molecule has 2 aromatic carbocycles. The molecule has 2 aliphatic rings. The van der Waals surface area contributed by atoms with Gasteiger partial charge < -0.3 is 15.2 Å². The van der Waals surface area contributed by atoms with Crippen LogP contribution in [0.1, 0.15) is 58.4 Å². The number of hydrogen-bond donors (Lipinski definition) is 2. The fourth-order valence-corrected chi connectivity index (χ4v) is 5.20. The Morgan fingerprint density at radius 1 is 1.07 bits per heavy atom. The Morgan fingerprint density at radius 3 is 2.66 bits per heavy atom. The highest BCUT2D eigenvalue weighted by molar-refractivity contribution is 6.10. The highest BCUT2D eigenvalue weighted by Crippen LogP contribution is 2.43. The number of aromatic nitrogens is 4. The average molecular weight is 547 g/mol. The molecule has 41 heavy (non-hydrogen) atoms. The number of carbonyl (C=O) groups is 2. The smallest absolute Gasteiger partial charge is 0.260 e. The van der Waals surface area contributed by atoms with E-state index in [1.807, 2.05) is 48.0 Å². The van der Waals surface area contributed by atoms with Crippen LogP contribution in [0.5, 0.6) is 0 Å². The molecular formula is C31H30N8O2. The van der Waals surface area contributed by atoms with Gasteiger partial charge in [-0.1, -0.05) is 18.2 Å². The van der Waals surface area contributed by atoms with Gasteiger partial charge in [0, 0.05) is 56.3 Å². The van der Waals surface area contributed by atoms with Crippen LogP contribution in [-0.4, -0.2) is 44.7 Å². The van der Waals surface area contributed by atoms with Gasteiger partial charge in [-0.05, 0) is 65.4 Å². The van der Waals surface area contributed by atoms with E-state index in [1.54, 1.807) is 17.3 Å². The number of fused-ring (bicyclic) bond motifs is 1. The van der Waals surface area contributed by atoms with Gasteiger partial charge >= 0.3 is 0 Å². The molecule has 1 aliphatic carbocycles. The van der Waals surface area contributed by atoms with Crippen LogP contribution in [0.15, 0.2) is 54.9 Å². The minimum absolute atomic E-state index is 0.0541. The summed E-state index contributed by atoms with van der Waals surface area (Å²) >= 11 is 0. The molecule has 0 saturated heterocycles. The van der Waals surface area contributed by atoms with Gasteiger partial charge in [-0.3, -0.25) is 14.5 Å². The van der Waals surface area contributed by atoms with Crippen molar-refractivity contribution in [2.75, 3.05) is 18.0 Å². The number of nitrogens with one attached hydrogen (secondary N) is 2. The number of anilines is 1. The molecule has 206 valence electrons. The van der Waals surface area contributed by atoms with Crippen LogP contribution in [0, 0.1) is 11.3 Å². The minimum Gasteiger partial charge on any atom is -0.355 e. The van der Waals surface area contributed by atoms with Crippen LogP contribution in [0.2, 0.25) is 0 Å². The highest BCUT2D eigenvalue weighted by Gasteiger charge is 2.32. The number of nitriles is 1. The van der Waals surface area contributed by atoms with E-state index >= 15 is 0 Å². The average Bonchev–Trinajstić information content (AvgIpc) is 3.67. The Hall–Kier alpha value is -4.88. The standard InChI is InChI=1S/C31H30N8O2/c1-19(40)34-10-9-33-16-21-3-5-23-17-39(31(41)26(23)12-21)29-14-24(13-28(36-29)22-6-7-22)25-8-4-20(15-32)11-27(25)30-37-35-18-38(30)2/h3-5,8,11-14,18,22,33H,6-7,9-10,16-17H2,1-2H3,(H,34,40). The molecular weight excluding hydrogens is 516 g/mol. The van der Waals surface area contributed by atoms with Crippen LogP contribution in [-0.2, 0) is 24.9 Å². The lowest BCUT2D eigenvalue weighted by atomic mass is 9.96. The molecule has 10 nitrogen and oxygen atoms in total. The quantitative estimate of drug-likeness (QED) is 0.307. The molecule has 2 N–H and O–H groups in total. The zero-order chi connectivity index (χ0) is 28.5. The van der Waals surface area contributed by atoms with Gasteiger partial charge in [0.25, 0.3) is 5.91 Å². The zero-order valence-corrected chi connectivity index (χ0v) is 23.0. The monoisotopic (exact) mass is 546 g/mol. The largest absolute Gasteiger partial charge is 0.355 e. The number of benzene rings is 2. The maximum atomic E-state index is 13.7. The second-order valence-electron chi connectivity index (χ2n) is 10.6. The van der Waals surface area contributed by atoms with Gasteiger partial charge in [0.15, 0.2) is 5.82 Å². The van der Waals surface area contributed by atoms with Gasteiger partial charge in [0.05, 0.1) is 18.2 Å². The van der Waals surface area contributed by atoms with Crippen molar-refractivity contribution < 1.29 is 9.59 Å². The summed E-state index contributed by atoms with van der Waals surface area (Å²) in [7, 11) is 1.87. The Bertz CT molecular complexity index is 1700. The fourth-order valence-electron chi connectivity index (χ4n) is 5.20. The number of amides is 2. The number of nitrogens with zero attached hydrogens (tertiary/aromatic N) is 6. The van der Waals surface area contributed by atoms with Crippen LogP contribution >= 0.6 is 0 Å². The van der Waals surface area contributed by atoms with Crippen molar-refractivity contribution in [3.8, 4) is 28.6 Å². The lowest BCUT2D eigenvalue weighted by Gasteiger charge is -2.18. The Balaban J connectivity index is 1.31. The second-order valence-corrected chi connectivity index (χ2v) is 10.6. The van der Waals surface area contributed by atoms with Crippen molar-refractivity contribution in [1.82, 2.24) is 30.4 Å². The summed E-state index contributed by atoms with van der Waals surface area (Å²) in [5.74, 6) is 1.53. The molecule has 3 heterocycles. The maximum absolute atomic E-state index is 13.7. The topological polar surface area (TPSA) is 129 Å². The summed E-state index contributed by atoms with van der Waals surface area (Å²) in [4.78, 5) is 31.5. The van der Waals surface area contributed by atoms with Crippen molar-refractivity contribution in [3.05, 3.63) is 82.8 Å². The molecule has 1 aliphatic heterocycles. The Kier molecular flexibility index (Phi) is 7.03. The molecule has 1 fully saturated rings. The van der Waals surface area contributed by atoms with Crippen molar-refractivity contribution in [3.63, 3.8) is 0 Å². The van der Waals surface area contributed by atoms with Crippen LogP contribution in [0.3, 0.4) is 0 Å². The van der Waals surface area contributed by atoms with Crippen molar-refractivity contribution in [2.24, 2.45) is 7.05 Å². The summed E-state index contributed by atoms with van der Waals surface area (Å²) in [6.45, 7) is 3.74. The van der Waals surface area contributed by atoms with E-state index < -0.39 is 0 Å². The maximum Gasteiger partial charge on any atom is 0.260 e. The molecule has 1 saturated carbocycles. The third-order valence-corrected chi connectivity index (χ3v) is 7.50. The Morgan fingerprint density at radius 2 is 1.93 bits per heavy atom. The Labute approximate surface area is 238 Å². The first-order valence-corrected chi connectivity index (χ1v) is 13.7. The van der Waals surface area contributed by atoms with E-state index in [0.717, 1.165) is 46.4 Å². The molecule has 4 aromatic rings. The van der Waals surface area contributed by atoms with Crippen molar-refractivity contribution in [1.29, 1.82) is 5.26 Å². The third kappa shape index (κ3) is 5.44.